The lowest BCUT2D eigenvalue weighted by atomic mass is 9.96. The van der Waals surface area contributed by atoms with Crippen LogP contribution in [0.1, 0.15) is 29.0 Å². The molecule has 0 N–H and O–H groups in total. The number of hydrogen-bond donors (Lipinski definition) is 0. The number of likely N-dealkylation sites (tertiary alicyclic amines) is 1. The fourth-order valence-electron chi connectivity index (χ4n) is 3.81. The summed E-state index contributed by atoms with van der Waals surface area (Å²) in [6.07, 6.45) is 2.00. The molecule has 5 heteroatoms. The normalized spacial score (nSPS) is 15.5. The van der Waals surface area contributed by atoms with E-state index in [-0.39, 0.29) is 5.91 Å². The van der Waals surface area contributed by atoms with Gasteiger partial charge in [0.1, 0.15) is 5.82 Å². The summed E-state index contributed by atoms with van der Waals surface area (Å²) in [5, 5.41) is 0.528. The van der Waals surface area contributed by atoms with Crippen LogP contribution in [0.2, 0.25) is 5.02 Å². The van der Waals surface area contributed by atoms with E-state index in [1.165, 1.54) is 5.52 Å². The summed E-state index contributed by atoms with van der Waals surface area (Å²) in [6.45, 7) is 4.58. The van der Waals surface area contributed by atoms with Crippen molar-refractivity contribution in [3.05, 3.63) is 64.9 Å². The zero-order valence-electron chi connectivity index (χ0n) is 14.9. The Bertz CT molecular complexity index is 941. The lowest BCUT2D eigenvalue weighted by Gasteiger charge is -2.32. The van der Waals surface area contributed by atoms with Gasteiger partial charge in [-0.3, -0.25) is 4.79 Å². The van der Waals surface area contributed by atoms with Gasteiger partial charge in [-0.1, -0.05) is 35.9 Å². The number of imidazole rings is 1. The van der Waals surface area contributed by atoms with Crippen LogP contribution in [0.3, 0.4) is 0 Å². The molecule has 1 aromatic heterocycles. The molecule has 0 unspecified atom stereocenters. The molecule has 4 rings (SSSR count). The zero-order valence-corrected chi connectivity index (χ0v) is 15.6. The van der Waals surface area contributed by atoms with E-state index >= 15 is 0 Å². The molecule has 1 aliphatic rings. The van der Waals surface area contributed by atoms with E-state index in [1.807, 2.05) is 23.1 Å². The van der Waals surface area contributed by atoms with Crippen LogP contribution in [0.5, 0.6) is 0 Å². The van der Waals surface area contributed by atoms with Crippen molar-refractivity contribution in [1.29, 1.82) is 0 Å². The number of aromatic nitrogens is 2. The average molecular weight is 368 g/mol. The molecule has 2 aromatic carbocycles. The van der Waals surface area contributed by atoms with E-state index in [1.54, 1.807) is 12.1 Å². The molecule has 0 saturated carbocycles. The number of carbonyl (C=O) groups excluding carboxylic acids is 1. The van der Waals surface area contributed by atoms with Crippen LogP contribution in [-0.2, 0) is 6.54 Å². The van der Waals surface area contributed by atoms with Gasteiger partial charge in [-0.25, -0.2) is 4.98 Å². The monoisotopic (exact) mass is 367 g/mol. The van der Waals surface area contributed by atoms with Crippen LogP contribution in [0.15, 0.2) is 48.5 Å². The van der Waals surface area contributed by atoms with Gasteiger partial charge >= 0.3 is 0 Å². The second kappa shape index (κ2) is 7.12. The minimum atomic E-state index is 0.0401. The lowest BCUT2D eigenvalue weighted by molar-refractivity contribution is 0.0683. The van der Waals surface area contributed by atoms with Crippen molar-refractivity contribution in [3.8, 4) is 0 Å². The molecular weight excluding hydrogens is 346 g/mol. The van der Waals surface area contributed by atoms with Gasteiger partial charge in [0.05, 0.1) is 21.6 Å². The van der Waals surface area contributed by atoms with Crippen molar-refractivity contribution in [2.75, 3.05) is 13.1 Å². The first-order valence-corrected chi connectivity index (χ1v) is 9.47. The Morgan fingerprint density at radius 2 is 1.81 bits per heavy atom. The molecule has 1 fully saturated rings. The third-order valence-electron chi connectivity index (χ3n) is 5.29. The molecule has 2 heterocycles. The van der Waals surface area contributed by atoms with E-state index < -0.39 is 0 Å². The summed E-state index contributed by atoms with van der Waals surface area (Å²) >= 11 is 6.18. The average Bonchev–Trinajstić information content (AvgIpc) is 2.98. The number of fused-ring (bicyclic) bond motifs is 1. The SMILES string of the molecule is Cc1nc2ccccc2n1CC1CCN(C(=O)c2ccccc2Cl)CC1. The number of benzene rings is 2. The Balaban J connectivity index is 1.43. The van der Waals surface area contributed by atoms with Crippen LogP contribution in [0.25, 0.3) is 11.0 Å². The number of nitrogens with zero attached hydrogens (tertiary/aromatic N) is 3. The highest BCUT2D eigenvalue weighted by molar-refractivity contribution is 6.33. The van der Waals surface area contributed by atoms with Crippen molar-refractivity contribution < 1.29 is 4.79 Å². The standard InChI is InChI=1S/C21H22ClN3O/c1-15-23-19-8-4-5-9-20(19)25(15)14-16-10-12-24(13-11-16)21(26)17-6-2-3-7-18(17)22/h2-9,16H,10-14H2,1H3. The van der Waals surface area contributed by atoms with Gasteiger partial charge in [0.25, 0.3) is 5.91 Å². The Hall–Kier alpha value is -2.33. The quantitative estimate of drug-likeness (QED) is 0.681. The van der Waals surface area contributed by atoms with Gasteiger partial charge in [0, 0.05) is 19.6 Å². The lowest BCUT2D eigenvalue weighted by Crippen LogP contribution is -2.39. The largest absolute Gasteiger partial charge is 0.339 e. The fraction of sp³-hybridized carbons (Fsp3) is 0.333. The summed E-state index contributed by atoms with van der Waals surface area (Å²) in [4.78, 5) is 19.3. The third-order valence-corrected chi connectivity index (χ3v) is 5.62. The molecule has 0 aliphatic carbocycles. The highest BCUT2D eigenvalue weighted by atomic mass is 35.5. The third kappa shape index (κ3) is 3.21. The smallest absolute Gasteiger partial charge is 0.255 e. The Morgan fingerprint density at radius 1 is 1.12 bits per heavy atom. The van der Waals surface area contributed by atoms with Gasteiger partial charge < -0.3 is 9.47 Å². The first-order chi connectivity index (χ1) is 12.6. The maximum atomic E-state index is 12.7. The summed E-state index contributed by atoms with van der Waals surface area (Å²) in [5.74, 6) is 1.65. The van der Waals surface area contributed by atoms with Gasteiger partial charge in [-0.2, -0.15) is 0 Å². The molecule has 0 atom stereocenters. The molecule has 0 bridgehead atoms. The number of carbonyl (C=O) groups is 1. The van der Waals surface area contributed by atoms with Crippen LogP contribution in [-0.4, -0.2) is 33.4 Å². The molecule has 1 saturated heterocycles. The predicted octanol–water partition coefficient (Wildman–Crippen LogP) is 4.55. The van der Waals surface area contributed by atoms with E-state index in [0.717, 1.165) is 43.8 Å². The van der Waals surface area contributed by atoms with Crippen molar-refractivity contribution in [2.45, 2.75) is 26.3 Å². The molecular formula is C21H22ClN3O. The number of para-hydroxylation sites is 2. The first kappa shape index (κ1) is 17.1. The second-order valence-electron chi connectivity index (χ2n) is 6.97. The molecule has 4 nitrogen and oxygen atoms in total. The Kier molecular flexibility index (Phi) is 4.68. The van der Waals surface area contributed by atoms with Crippen molar-refractivity contribution in [2.24, 2.45) is 5.92 Å². The highest BCUT2D eigenvalue weighted by Crippen LogP contribution is 2.25. The molecule has 134 valence electrons. The summed E-state index contributed by atoms with van der Waals surface area (Å²) in [7, 11) is 0. The number of rotatable bonds is 3. The highest BCUT2D eigenvalue weighted by Gasteiger charge is 2.25. The maximum Gasteiger partial charge on any atom is 0.255 e. The van der Waals surface area contributed by atoms with Crippen molar-refractivity contribution in [1.82, 2.24) is 14.5 Å². The van der Waals surface area contributed by atoms with Crippen LogP contribution >= 0.6 is 11.6 Å². The fourth-order valence-corrected chi connectivity index (χ4v) is 4.02. The van der Waals surface area contributed by atoms with E-state index in [0.29, 0.717) is 16.5 Å². The van der Waals surface area contributed by atoms with Crippen LogP contribution < -0.4 is 0 Å². The topological polar surface area (TPSA) is 38.1 Å². The number of amides is 1. The molecule has 3 aromatic rings. The van der Waals surface area contributed by atoms with E-state index in [9.17, 15) is 4.79 Å². The predicted molar refractivity (Wildman–Crippen MR) is 105 cm³/mol. The van der Waals surface area contributed by atoms with Gasteiger partial charge in [-0.15, -0.1) is 0 Å². The summed E-state index contributed by atoms with van der Waals surface area (Å²) in [5.41, 5.74) is 2.85. The Morgan fingerprint density at radius 3 is 2.58 bits per heavy atom. The number of aryl methyl sites for hydroxylation is 1. The minimum absolute atomic E-state index is 0.0401. The maximum absolute atomic E-state index is 12.7. The first-order valence-electron chi connectivity index (χ1n) is 9.09. The summed E-state index contributed by atoms with van der Waals surface area (Å²) < 4.78 is 2.31. The minimum Gasteiger partial charge on any atom is -0.339 e. The van der Waals surface area contributed by atoms with E-state index in [4.69, 9.17) is 11.6 Å². The zero-order chi connectivity index (χ0) is 18.1. The van der Waals surface area contributed by atoms with Gasteiger partial charge in [0.2, 0.25) is 0 Å². The number of hydrogen-bond acceptors (Lipinski definition) is 2. The van der Waals surface area contributed by atoms with Crippen molar-refractivity contribution in [3.63, 3.8) is 0 Å². The molecule has 26 heavy (non-hydrogen) atoms. The molecule has 0 radical (unpaired) electrons. The van der Waals surface area contributed by atoms with E-state index in [2.05, 4.69) is 34.7 Å². The second-order valence-corrected chi connectivity index (χ2v) is 7.38. The molecule has 1 aliphatic heterocycles. The van der Waals surface area contributed by atoms with Crippen LogP contribution in [0.4, 0.5) is 0 Å². The van der Waals surface area contributed by atoms with Crippen molar-refractivity contribution >= 4 is 28.5 Å². The van der Waals surface area contributed by atoms with Gasteiger partial charge in [0.15, 0.2) is 0 Å². The summed E-state index contributed by atoms with van der Waals surface area (Å²) in [6, 6.07) is 15.6. The van der Waals surface area contributed by atoms with Gasteiger partial charge in [-0.05, 0) is 49.9 Å². The Labute approximate surface area is 158 Å². The molecule has 0 spiro atoms. The molecule has 1 amide bonds. The number of piperidine rings is 1. The number of halogens is 1. The van der Waals surface area contributed by atoms with Crippen LogP contribution in [0, 0.1) is 12.8 Å².